The third-order valence-electron chi connectivity index (χ3n) is 2.77. The first kappa shape index (κ1) is 10.9. The van der Waals surface area contributed by atoms with Gasteiger partial charge < -0.3 is 9.84 Å². The van der Waals surface area contributed by atoms with Crippen molar-refractivity contribution in [3.63, 3.8) is 0 Å². The second-order valence-electron chi connectivity index (χ2n) is 3.94. The lowest BCUT2D eigenvalue weighted by molar-refractivity contribution is -0.165. The Kier molecular flexibility index (Phi) is 2.92. The monoisotopic (exact) mass is 204 g/mol. The number of hydrogen-bond acceptors (Lipinski definition) is 4. The Labute approximate surface area is 82.8 Å². The Hall–Kier alpha value is -0.220. The Bertz CT molecular complexity index is 201. The molecule has 1 saturated heterocycles. The Balaban J connectivity index is 2.94. The summed E-state index contributed by atoms with van der Waals surface area (Å²) in [5.41, 5.74) is -1.70. The molecule has 3 nitrogen and oxygen atoms in total. The van der Waals surface area contributed by atoms with Crippen LogP contribution in [0.3, 0.4) is 0 Å². The second-order valence-corrected chi connectivity index (χ2v) is 5.04. The van der Waals surface area contributed by atoms with E-state index in [0.29, 0.717) is 12.2 Å². The molecule has 1 heterocycles. The summed E-state index contributed by atoms with van der Waals surface area (Å²) in [6.07, 6.45) is 0.702. The van der Waals surface area contributed by atoms with Crippen LogP contribution in [0.5, 0.6) is 0 Å². The molecule has 1 atom stereocenters. The van der Waals surface area contributed by atoms with E-state index in [1.165, 1.54) is 7.11 Å². The van der Waals surface area contributed by atoms with Crippen molar-refractivity contribution in [2.75, 3.05) is 18.6 Å². The third kappa shape index (κ3) is 1.70. The molecule has 0 bridgehead atoms. The van der Waals surface area contributed by atoms with Gasteiger partial charge in [0.15, 0.2) is 0 Å². The molecule has 4 heteroatoms. The predicted octanol–water partition coefficient (Wildman–Crippen LogP) is 1.05. The SMILES string of the molecule is COC(=O)C1(C(C)(C)O)CCSC1. The zero-order valence-corrected chi connectivity index (χ0v) is 9.11. The lowest BCUT2D eigenvalue weighted by Crippen LogP contribution is -2.50. The molecule has 13 heavy (non-hydrogen) atoms. The van der Waals surface area contributed by atoms with Gasteiger partial charge in [-0.05, 0) is 26.0 Å². The molecule has 0 aromatic carbocycles. The molecular formula is C9H16O3S. The Morgan fingerprint density at radius 2 is 2.23 bits per heavy atom. The Morgan fingerprint density at radius 3 is 2.54 bits per heavy atom. The molecule has 0 aliphatic carbocycles. The summed E-state index contributed by atoms with van der Waals surface area (Å²) in [7, 11) is 1.37. The Morgan fingerprint density at radius 1 is 1.62 bits per heavy atom. The van der Waals surface area contributed by atoms with E-state index in [1.807, 2.05) is 0 Å². The standard InChI is InChI=1S/C9H16O3S/c1-8(2,11)9(7(10)12-3)4-5-13-6-9/h11H,4-6H2,1-3H3. The first-order valence-corrected chi connectivity index (χ1v) is 5.48. The van der Waals surface area contributed by atoms with Gasteiger partial charge in [-0.1, -0.05) is 0 Å². The van der Waals surface area contributed by atoms with Gasteiger partial charge in [-0.3, -0.25) is 4.79 Å². The van der Waals surface area contributed by atoms with Gasteiger partial charge in [0, 0.05) is 5.75 Å². The second kappa shape index (κ2) is 3.50. The van der Waals surface area contributed by atoms with Gasteiger partial charge in [-0.25, -0.2) is 0 Å². The van der Waals surface area contributed by atoms with E-state index >= 15 is 0 Å². The van der Waals surface area contributed by atoms with Gasteiger partial charge in [0.1, 0.15) is 5.41 Å². The number of hydrogen-bond donors (Lipinski definition) is 1. The molecule has 1 aliphatic rings. The maximum Gasteiger partial charge on any atom is 0.315 e. The van der Waals surface area contributed by atoms with E-state index in [9.17, 15) is 9.90 Å². The van der Waals surface area contributed by atoms with E-state index in [-0.39, 0.29) is 5.97 Å². The number of aliphatic hydroxyl groups is 1. The van der Waals surface area contributed by atoms with Crippen LogP contribution in [-0.2, 0) is 9.53 Å². The molecule has 1 rings (SSSR count). The van der Waals surface area contributed by atoms with E-state index in [2.05, 4.69) is 0 Å². The molecular weight excluding hydrogens is 188 g/mol. The first-order valence-electron chi connectivity index (χ1n) is 4.32. The predicted molar refractivity (Wildman–Crippen MR) is 52.7 cm³/mol. The van der Waals surface area contributed by atoms with Crippen LogP contribution in [-0.4, -0.2) is 35.3 Å². The zero-order chi connectivity index (χ0) is 10.1. The van der Waals surface area contributed by atoms with Gasteiger partial charge in [0.25, 0.3) is 0 Å². The number of rotatable bonds is 2. The van der Waals surface area contributed by atoms with Crippen molar-refractivity contribution in [2.24, 2.45) is 5.41 Å². The topological polar surface area (TPSA) is 46.5 Å². The lowest BCUT2D eigenvalue weighted by atomic mass is 9.73. The fourth-order valence-electron chi connectivity index (χ4n) is 1.65. The maximum atomic E-state index is 11.6. The maximum absolute atomic E-state index is 11.6. The number of carbonyl (C=O) groups is 1. The highest BCUT2D eigenvalue weighted by molar-refractivity contribution is 7.99. The highest BCUT2D eigenvalue weighted by atomic mass is 32.2. The molecule has 1 N–H and O–H groups in total. The van der Waals surface area contributed by atoms with Crippen LogP contribution in [0, 0.1) is 5.41 Å². The highest BCUT2D eigenvalue weighted by Gasteiger charge is 2.53. The van der Waals surface area contributed by atoms with Gasteiger partial charge in [0.05, 0.1) is 12.7 Å². The molecule has 1 aliphatic heterocycles. The average Bonchev–Trinajstić information content (AvgIpc) is 2.50. The van der Waals surface area contributed by atoms with Crippen LogP contribution < -0.4 is 0 Å². The summed E-state index contributed by atoms with van der Waals surface area (Å²) in [6, 6.07) is 0. The number of thioether (sulfide) groups is 1. The van der Waals surface area contributed by atoms with Crippen LogP contribution in [0.25, 0.3) is 0 Å². The van der Waals surface area contributed by atoms with Crippen LogP contribution in [0.15, 0.2) is 0 Å². The van der Waals surface area contributed by atoms with E-state index in [4.69, 9.17) is 4.74 Å². The van der Waals surface area contributed by atoms with Gasteiger partial charge in [0.2, 0.25) is 0 Å². The first-order chi connectivity index (χ1) is 5.94. The van der Waals surface area contributed by atoms with Crippen molar-refractivity contribution < 1.29 is 14.6 Å². The number of esters is 1. The molecule has 0 saturated carbocycles. The lowest BCUT2D eigenvalue weighted by Gasteiger charge is -2.36. The zero-order valence-electron chi connectivity index (χ0n) is 8.29. The highest BCUT2D eigenvalue weighted by Crippen LogP contribution is 2.45. The quantitative estimate of drug-likeness (QED) is 0.683. The molecule has 76 valence electrons. The minimum atomic E-state index is -0.996. The van der Waals surface area contributed by atoms with Crippen molar-refractivity contribution in [3.8, 4) is 0 Å². The van der Waals surface area contributed by atoms with Crippen LogP contribution in [0.2, 0.25) is 0 Å². The minimum absolute atomic E-state index is 0.287. The third-order valence-corrected chi connectivity index (χ3v) is 3.96. The van der Waals surface area contributed by atoms with Crippen molar-refractivity contribution in [2.45, 2.75) is 25.9 Å². The minimum Gasteiger partial charge on any atom is -0.468 e. The summed E-state index contributed by atoms with van der Waals surface area (Å²) in [5, 5.41) is 9.96. The summed E-state index contributed by atoms with van der Waals surface area (Å²) in [6.45, 7) is 3.35. The van der Waals surface area contributed by atoms with Crippen molar-refractivity contribution in [3.05, 3.63) is 0 Å². The summed E-state index contributed by atoms with van der Waals surface area (Å²) in [5.74, 6) is 1.28. The molecule has 0 aromatic rings. The molecule has 0 aromatic heterocycles. The van der Waals surface area contributed by atoms with Gasteiger partial charge >= 0.3 is 5.97 Å². The molecule has 1 fully saturated rings. The average molecular weight is 204 g/mol. The van der Waals surface area contributed by atoms with Crippen LogP contribution in [0.4, 0.5) is 0 Å². The summed E-state index contributed by atoms with van der Waals surface area (Å²) >= 11 is 1.69. The van der Waals surface area contributed by atoms with Crippen LogP contribution >= 0.6 is 11.8 Å². The molecule has 0 spiro atoms. The van der Waals surface area contributed by atoms with Gasteiger partial charge in [-0.15, -0.1) is 0 Å². The van der Waals surface area contributed by atoms with Crippen molar-refractivity contribution >= 4 is 17.7 Å². The molecule has 0 amide bonds. The fourth-order valence-corrected chi connectivity index (χ4v) is 3.25. The fraction of sp³-hybridized carbons (Fsp3) is 0.889. The normalized spacial score (nSPS) is 28.9. The van der Waals surface area contributed by atoms with Crippen molar-refractivity contribution in [1.29, 1.82) is 0 Å². The largest absolute Gasteiger partial charge is 0.468 e. The number of ether oxygens (including phenoxy) is 1. The van der Waals surface area contributed by atoms with Crippen molar-refractivity contribution in [1.82, 2.24) is 0 Å². The smallest absolute Gasteiger partial charge is 0.315 e. The summed E-state index contributed by atoms with van der Waals surface area (Å²) in [4.78, 5) is 11.6. The number of methoxy groups -OCH3 is 1. The van der Waals surface area contributed by atoms with E-state index in [1.54, 1.807) is 25.6 Å². The summed E-state index contributed by atoms with van der Waals surface area (Å²) < 4.78 is 4.75. The van der Waals surface area contributed by atoms with Crippen LogP contribution in [0.1, 0.15) is 20.3 Å². The van der Waals surface area contributed by atoms with E-state index in [0.717, 1.165) is 5.75 Å². The number of carbonyl (C=O) groups excluding carboxylic acids is 1. The molecule has 0 radical (unpaired) electrons. The van der Waals surface area contributed by atoms with E-state index < -0.39 is 11.0 Å². The van der Waals surface area contributed by atoms with Gasteiger partial charge in [-0.2, -0.15) is 11.8 Å². The molecule has 1 unspecified atom stereocenters.